The number of hydrogen-bond acceptors (Lipinski definition) is 6. The number of pyridine rings is 1. The van der Waals surface area contributed by atoms with Crippen molar-refractivity contribution < 1.29 is 9.53 Å². The predicted molar refractivity (Wildman–Crippen MR) is 109 cm³/mol. The lowest BCUT2D eigenvalue weighted by molar-refractivity contribution is 0.102. The van der Waals surface area contributed by atoms with Crippen LogP contribution in [-0.2, 0) is 0 Å². The number of rotatable bonds is 5. The van der Waals surface area contributed by atoms with Crippen molar-refractivity contribution in [3.63, 3.8) is 0 Å². The molecule has 3 heterocycles. The molecule has 0 aliphatic rings. The van der Waals surface area contributed by atoms with E-state index in [-0.39, 0.29) is 5.91 Å². The Labute approximate surface area is 165 Å². The Morgan fingerprint density at radius 1 is 1.11 bits per heavy atom. The van der Waals surface area contributed by atoms with Gasteiger partial charge < -0.3 is 10.1 Å². The largest absolute Gasteiger partial charge is 0.439 e. The standard InChI is InChI=1S/C21H16N4O2S/c1-14-11-19(25-20(23-14)15-3-2-9-22-12-15)27-18-6-4-17(5-7-18)24-21(26)16-8-10-28-13-16/h2-13H,1H3,(H,24,26). The Balaban J connectivity index is 1.49. The molecule has 3 aromatic heterocycles. The summed E-state index contributed by atoms with van der Waals surface area (Å²) in [4.78, 5) is 25.1. The molecule has 4 rings (SSSR count). The predicted octanol–water partition coefficient (Wildman–Crippen LogP) is 4.95. The maximum absolute atomic E-state index is 12.1. The van der Waals surface area contributed by atoms with Gasteiger partial charge in [0.1, 0.15) is 5.75 Å². The van der Waals surface area contributed by atoms with Gasteiger partial charge in [0, 0.05) is 40.8 Å². The number of amides is 1. The van der Waals surface area contributed by atoms with Crippen molar-refractivity contribution in [1.29, 1.82) is 0 Å². The quantitative estimate of drug-likeness (QED) is 0.523. The maximum Gasteiger partial charge on any atom is 0.256 e. The van der Waals surface area contributed by atoms with Gasteiger partial charge in [-0.15, -0.1) is 0 Å². The number of hydrogen-bond donors (Lipinski definition) is 1. The molecule has 0 bridgehead atoms. The molecule has 0 fully saturated rings. The van der Waals surface area contributed by atoms with E-state index in [2.05, 4.69) is 20.3 Å². The molecule has 0 radical (unpaired) electrons. The first-order chi connectivity index (χ1) is 13.7. The van der Waals surface area contributed by atoms with Crippen molar-refractivity contribution in [3.8, 4) is 23.0 Å². The van der Waals surface area contributed by atoms with Crippen LogP contribution in [0.25, 0.3) is 11.4 Å². The fourth-order valence-electron chi connectivity index (χ4n) is 2.54. The van der Waals surface area contributed by atoms with Crippen LogP contribution in [0, 0.1) is 6.92 Å². The van der Waals surface area contributed by atoms with Gasteiger partial charge >= 0.3 is 0 Å². The zero-order valence-corrected chi connectivity index (χ0v) is 15.8. The van der Waals surface area contributed by atoms with Gasteiger partial charge in [-0.3, -0.25) is 9.78 Å². The van der Waals surface area contributed by atoms with Gasteiger partial charge in [-0.1, -0.05) is 0 Å². The summed E-state index contributed by atoms with van der Waals surface area (Å²) in [5, 5.41) is 6.53. The van der Waals surface area contributed by atoms with Crippen LogP contribution in [0.3, 0.4) is 0 Å². The summed E-state index contributed by atoms with van der Waals surface area (Å²) < 4.78 is 5.87. The number of aromatic nitrogens is 3. The summed E-state index contributed by atoms with van der Waals surface area (Å²) in [6.07, 6.45) is 3.42. The van der Waals surface area contributed by atoms with Crippen LogP contribution < -0.4 is 10.1 Å². The van der Waals surface area contributed by atoms with Crippen molar-refractivity contribution in [2.24, 2.45) is 0 Å². The second-order valence-corrected chi connectivity index (χ2v) is 6.79. The van der Waals surface area contributed by atoms with Gasteiger partial charge in [0.05, 0.1) is 5.56 Å². The molecule has 4 aromatic rings. The average Bonchev–Trinajstić information content (AvgIpc) is 3.25. The normalized spacial score (nSPS) is 10.5. The lowest BCUT2D eigenvalue weighted by atomic mass is 10.2. The third-order valence-electron chi connectivity index (χ3n) is 3.87. The summed E-state index contributed by atoms with van der Waals surface area (Å²) in [5.74, 6) is 1.48. The SMILES string of the molecule is Cc1cc(Oc2ccc(NC(=O)c3ccsc3)cc2)nc(-c2cccnc2)n1. The van der Waals surface area contributed by atoms with E-state index in [1.807, 2.05) is 29.8 Å². The molecule has 0 aliphatic carbocycles. The number of carbonyl (C=O) groups excluding carboxylic acids is 1. The highest BCUT2D eigenvalue weighted by Crippen LogP contribution is 2.24. The Morgan fingerprint density at radius 3 is 2.68 bits per heavy atom. The molecular weight excluding hydrogens is 372 g/mol. The van der Waals surface area contributed by atoms with E-state index in [0.29, 0.717) is 28.7 Å². The van der Waals surface area contributed by atoms with E-state index in [4.69, 9.17) is 4.74 Å². The highest BCUT2D eigenvalue weighted by Gasteiger charge is 2.09. The summed E-state index contributed by atoms with van der Waals surface area (Å²) >= 11 is 1.49. The number of thiophene rings is 1. The van der Waals surface area contributed by atoms with E-state index >= 15 is 0 Å². The first-order valence-corrected chi connectivity index (χ1v) is 9.49. The maximum atomic E-state index is 12.1. The van der Waals surface area contributed by atoms with Gasteiger partial charge in [0.15, 0.2) is 5.82 Å². The smallest absolute Gasteiger partial charge is 0.256 e. The number of aryl methyl sites for hydroxylation is 1. The number of nitrogens with one attached hydrogen (secondary N) is 1. The van der Waals surface area contributed by atoms with E-state index in [1.165, 1.54) is 11.3 Å². The van der Waals surface area contributed by atoms with Crippen molar-refractivity contribution in [3.05, 3.63) is 82.9 Å². The topological polar surface area (TPSA) is 77.0 Å². The second-order valence-electron chi connectivity index (χ2n) is 6.01. The van der Waals surface area contributed by atoms with Crippen LogP contribution in [0.4, 0.5) is 5.69 Å². The van der Waals surface area contributed by atoms with E-state index in [9.17, 15) is 4.79 Å². The average molecular weight is 388 g/mol. The first kappa shape index (κ1) is 17.8. The minimum absolute atomic E-state index is 0.137. The number of carbonyl (C=O) groups is 1. The molecule has 0 aliphatic heterocycles. The molecule has 0 saturated heterocycles. The molecule has 1 aromatic carbocycles. The van der Waals surface area contributed by atoms with Crippen LogP contribution in [0.5, 0.6) is 11.6 Å². The van der Waals surface area contributed by atoms with E-state index in [0.717, 1.165) is 11.3 Å². The van der Waals surface area contributed by atoms with Gasteiger partial charge in [-0.2, -0.15) is 16.3 Å². The van der Waals surface area contributed by atoms with Crippen LogP contribution in [0.1, 0.15) is 16.1 Å². The van der Waals surface area contributed by atoms with Gasteiger partial charge in [0.25, 0.3) is 5.91 Å². The lowest BCUT2D eigenvalue weighted by Crippen LogP contribution is -2.10. The molecule has 1 amide bonds. The third-order valence-corrected chi connectivity index (χ3v) is 4.55. The van der Waals surface area contributed by atoms with Gasteiger partial charge in [-0.25, -0.2) is 4.98 Å². The van der Waals surface area contributed by atoms with Crippen molar-refractivity contribution >= 4 is 22.9 Å². The summed E-state index contributed by atoms with van der Waals surface area (Å²) in [5.41, 5.74) is 2.95. The van der Waals surface area contributed by atoms with E-state index < -0.39 is 0 Å². The molecule has 7 heteroatoms. The first-order valence-electron chi connectivity index (χ1n) is 8.55. The minimum atomic E-state index is -0.137. The Bertz CT molecular complexity index is 1080. The molecule has 138 valence electrons. The Hall–Kier alpha value is -3.58. The highest BCUT2D eigenvalue weighted by atomic mass is 32.1. The molecule has 6 nitrogen and oxygen atoms in total. The summed E-state index contributed by atoms with van der Waals surface area (Å²) in [7, 11) is 0. The van der Waals surface area contributed by atoms with Gasteiger partial charge in [0.2, 0.25) is 5.88 Å². The zero-order valence-electron chi connectivity index (χ0n) is 15.0. The number of anilines is 1. The van der Waals surface area contributed by atoms with Crippen LogP contribution in [0.15, 0.2) is 71.7 Å². The van der Waals surface area contributed by atoms with Crippen molar-refractivity contribution in [2.75, 3.05) is 5.32 Å². The summed E-state index contributed by atoms with van der Waals surface area (Å²) in [6.45, 7) is 1.89. The monoisotopic (exact) mass is 388 g/mol. The van der Waals surface area contributed by atoms with Crippen molar-refractivity contribution in [2.45, 2.75) is 6.92 Å². The van der Waals surface area contributed by atoms with Crippen LogP contribution in [-0.4, -0.2) is 20.9 Å². The van der Waals surface area contributed by atoms with E-state index in [1.54, 1.807) is 48.8 Å². The molecule has 28 heavy (non-hydrogen) atoms. The van der Waals surface area contributed by atoms with Gasteiger partial charge in [-0.05, 0) is 54.8 Å². The Kier molecular flexibility index (Phi) is 5.07. The number of nitrogens with zero attached hydrogens (tertiary/aromatic N) is 3. The molecule has 0 spiro atoms. The fraction of sp³-hybridized carbons (Fsp3) is 0.0476. The number of benzene rings is 1. The highest BCUT2D eigenvalue weighted by molar-refractivity contribution is 7.08. The minimum Gasteiger partial charge on any atom is -0.439 e. The van der Waals surface area contributed by atoms with Crippen LogP contribution in [0.2, 0.25) is 0 Å². The molecular formula is C21H16N4O2S. The molecule has 1 N–H and O–H groups in total. The van der Waals surface area contributed by atoms with Crippen molar-refractivity contribution in [1.82, 2.24) is 15.0 Å². The third kappa shape index (κ3) is 4.21. The lowest BCUT2D eigenvalue weighted by Gasteiger charge is -2.09. The molecule has 0 unspecified atom stereocenters. The number of ether oxygens (including phenoxy) is 1. The molecule has 0 atom stereocenters. The van der Waals surface area contributed by atoms with Crippen LogP contribution >= 0.6 is 11.3 Å². The molecule has 0 saturated carbocycles. The second kappa shape index (κ2) is 7.98. The Morgan fingerprint density at radius 2 is 1.96 bits per heavy atom. The summed E-state index contributed by atoms with van der Waals surface area (Å²) in [6, 6.07) is 14.4. The zero-order chi connectivity index (χ0) is 19.3. The fourth-order valence-corrected chi connectivity index (χ4v) is 3.18.